The fraction of sp³-hybridized carbons (Fsp3) is 0.438. The lowest BCUT2D eigenvalue weighted by atomic mass is 9.96. The fourth-order valence-corrected chi connectivity index (χ4v) is 3.56. The summed E-state index contributed by atoms with van der Waals surface area (Å²) < 4.78 is 0.788. The van der Waals surface area contributed by atoms with Crippen LogP contribution in [0, 0.1) is 0 Å². The van der Waals surface area contributed by atoms with Gasteiger partial charge in [-0.2, -0.15) is 0 Å². The van der Waals surface area contributed by atoms with E-state index in [4.69, 9.17) is 0 Å². The standard InChI is InChI=1S/C16H19BrN4O3/c1-18-8-14(22)19-10-4-5-21-13(7-10)15(23)20-12-3-2-9(17)6-11(12)16(21)24/h2-3,6,10,13,18H,4-5,7-8H2,1H3,(H,19,22)(H,20,23)/t10-,13+/m1/s1. The first-order chi connectivity index (χ1) is 11.5. The van der Waals surface area contributed by atoms with Gasteiger partial charge in [0, 0.05) is 17.1 Å². The number of rotatable bonds is 3. The zero-order valence-corrected chi connectivity index (χ0v) is 14.9. The van der Waals surface area contributed by atoms with Gasteiger partial charge in [-0.3, -0.25) is 14.4 Å². The number of nitrogens with zero attached hydrogens (tertiary/aromatic N) is 1. The predicted octanol–water partition coefficient (Wildman–Crippen LogP) is 0.710. The monoisotopic (exact) mass is 394 g/mol. The first kappa shape index (κ1) is 16.9. The summed E-state index contributed by atoms with van der Waals surface area (Å²) in [5.74, 6) is -0.477. The molecule has 3 amide bonds. The van der Waals surface area contributed by atoms with Crippen molar-refractivity contribution in [3.05, 3.63) is 28.2 Å². The zero-order valence-electron chi connectivity index (χ0n) is 13.3. The van der Waals surface area contributed by atoms with Crippen LogP contribution in [0.5, 0.6) is 0 Å². The van der Waals surface area contributed by atoms with Gasteiger partial charge in [-0.1, -0.05) is 15.9 Å². The number of hydrogen-bond acceptors (Lipinski definition) is 4. The molecular formula is C16H19BrN4O3. The van der Waals surface area contributed by atoms with Crippen LogP contribution in [0.2, 0.25) is 0 Å². The Morgan fingerprint density at radius 1 is 1.42 bits per heavy atom. The van der Waals surface area contributed by atoms with Crippen molar-refractivity contribution in [2.24, 2.45) is 0 Å². The van der Waals surface area contributed by atoms with Crippen molar-refractivity contribution in [1.82, 2.24) is 15.5 Å². The molecule has 2 atom stereocenters. The number of likely N-dealkylation sites (N-methyl/N-ethyl adjacent to an activating group) is 1. The Kier molecular flexibility index (Phi) is 4.86. The van der Waals surface area contributed by atoms with Gasteiger partial charge in [0.15, 0.2) is 0 Å². The third kappa shape index (κ3) is 3.29. The molecule has 7 nitrogen and oxygen atoms in total. The third-order valence-electron chi connectivity index (χ3n) is 4.34. The molecule has 128 valence electrons. The van der Waals surface area contributed by atoms with Gasteiger partial charge in [0.2, 0.25) is 11.8 Å². The molecule has 0 aliphatic carbocycles. The Hall–Kier alpha value is -1.93. The van der Waals surface area contributed by atoms with E-state index in [2.05, 4.69) is 31.9 Å². The maximum Gasteiger partial charge on any atom is 0.256 e. The second-order valence-electron chi connectivity index (χ2n) is 6.01. The van der Waals surface area contributed by atoms with E-state index >= 15 is 0 Å². The molecule has 1 aromatic carbocycles. The van der Waals surface area contributed by atoms with Gasteiger partial charge in [-0.15, -0.1) is 0 Å². The van der Waals surface area contributed by atoms with E-state index in [1.165, 1.54) is 0 Å². The number of anilines is 1. The quantitative estimate of drug-likeness (QED) is 0.703. The highest BCUT2D eigenvalue weighted by Crippen LogP contribution is 2.30. The molecule has 1 aromatic rings. The minimum Gasteiger partial charge on any atom is -0.352 e. The van der Waals surface area contributed by atoms with Crippen LogP contribution >= 0.6 is 15.9 Å². The molecule has 0 unspecified atom stereocenters. The van der Waals surface area contributed by atoms with Crippen molar-refractivity contribution in [3.8, 4) is 0 Å². The summed E-state index contributed by atoms with van der Waals surface area (Å²) >= 11 is 3.36. The number of amides is 3. The van der Waals surface area contributed by atoms with Gasteiger partial charge >= 0.3 is 0 Å². The molecule has 24 heavy (non-hydrogen) atoms. The highest BCUT2D eigenvalue weighted by molar-refractivity contribution is 9.10. The van der Waals surface area contributed by atoms with Crippen molar-refractivity contribution in [2.45, 2.75) is 24.9 Å². The molecule has 8 heteroatoms. The molecule has 0 bridgehead atoms. The van der Waals surface area contributed by atoms with Crippen molar-refractivity contribution < 1.29 is 14.4 Å². The number of benzene rings is 1. The average Bonchev–Trinajstić information content (AvgIpc) is 2.64. The maximum atomic E-state index is 12.8. The van der Waals surface area contributed by atoms with E-state index in [9.17, 15) is 14.4 Å². The molecule has 1 saturated heterocycles. The zero-order chi connectivity index (χ0) is 17.3. The molecular weight excluding hydrogens is 376 g/mol. The smallest absolute Gasteiger partial charge is 0.256 e. The summed E-state index contributed by atoms with van der Waals surface area (Å²) in [5, 5.41) is 8.54. The minimum absolute atomic E-state index is 0.108. The van der Waals surface area contributed by atoms with E-state index in [1.807, 2.05) is 0 Å². The van der Waals surface area contributed by atoms with Crippen LogP contribution in [0.15, 0.2) is 22.7 Å². The number of halogens is 1. The van der Waals surface area contributed by atoms with Crippen molar-refractivity contribution in [3.63, 3.8) is 0 Å². The van der Waals surface area contributed by atoms with Crippen LogP contribution in [0.4, 0.5) is 5.69 Å². The number of carbonyl (C=O) groups is 3. The van der Waals surface area contributed by atoms with Crippen LogP contribution < -0.4 is 16.0 Å². The molecule has 0 saturated carbocycles. The normalized spacial score (nSPS) is 23.0. The number of carbonyl (C=O) groups excluding carboxylic acids is 3. The molecule has 2 aliphatic rings. The second kappa shape index (κ2) is 6.90. The van der Waals surface area contributed by atoms with Gasteiger partial charge in [0.25, 0.3) is 5.91 Å². The predicted molar refractivity (Wildman–Crippen MR) is 92.7 cm³/mol. The first-order valence-electron chi connectivity index (χ1n) is 7.85. The second-order valence-corrected chi connectivity index (χ2v) is 6.93. The first-order valence-corrected chi connectivity index (χ1v) is 8.64. The van der Waals surface area contributed by atoms with Crippen molar-refractivity contribution in [2.75, 3.05) is 25.5 Å². The van der Waals surface area contributed by atoms with Gasteiger partial charge in [-0.05, 0) is 38.1 Å². The van der Waals surface area contributed by atoms with Crippen LogP contribution in [0.25, 0.3) is 0 Å². The summed E-state index contributed by atoms with van der Waals surface area (Å²) in [6, 6.07) is 4.55. The van der Waals surface area contributed by atoms with Gasteiger partial charge in [-0.25, -0.2) is 0 Å². The molecule has 1 fully saturated rings. The van der Waals surface area contributed by atoms with Crippen LogP contribution in [-0.4, -0.2) is 54.8 Å². The van der Waals surface area contributed by atoms with Crippen molar-refractivity contribution in [1.29, 1.82) is 0 Å². The van der Waals surface area contributed by atoms with Crippen LogP contribution in [-0.2, 0) is 9.59 Å². The highest BCUT2D eigenvalue weighted by Gasteiger charge is 2.40. The average molecular weight is 395 g/mol. The number of hydrogen-bond donors (Lipinski definition) is 3. The molecule has 0 radical (unpaired) electrons. The molecule has 0 aromatic heterocycles. The third-order valence-corrected chi connectivity index (χ3v) is 4.83. The van der Waals surface area contributed by atoms with Crippen LogP contribution in [0.1, 0.15) is 23.2 Å². The number of fused-ring (bicyclic) bond motifs is 2. The highest BCUT2D eigenvalue weighted by atomic mass is 79.9. The van der Waals surface area contributed by atoms with E-state index in [0.717, 1.165) is 4.47 Å². The topological polar surface area (TPSA) is 90.5 Å². The van der Waals surface area contributed by atoms with E-state index < -0.39 is 6.04 Å². The lowest BCUT2D eigenvalue weighted by molar-refractivity contribution is -0.124. The van der Waals surface area contributed by atoms with E-state index in [0.29, 0.717) is 30.6 Å². The number of piperidine rings is 1. The Bertz CT molecular complexity index is 694. The summed E-state index contributed by atoms with van der Waals surface area (Å²) in [6.45, 7) is 0.669. The van der Waals surface area contributed by atoms with E-state index in [-0.39, 0.29) is 30.3 Å². The summed E-state index contributed by atoms with van der Waals surface area (Å²) in [6.07, 6.45) is 1.05. The molecule has 0 spiro atoms. The largest absolute Gasteiger partial charge is 0.352 e. The molecule has 2 aliphatic heterocycles. The summed E-state index contributed by atoms with van der Waals surface area (Å²) in [5.41, 5.74) is 1.01. The Balaban J connectivity index is 1.80. The maximum absolute atomic E-state index is 12.8. The molecule has 3 rings (SSSR count). The van der Waals surface area contributed by atoms with Gasteiger partial charge < -0.3 is 20.9 Å². The fourth-order valence-electron chi connectivity index (χ4n) is 3.20. The SMILES string of the molecule is CNCC(=O)N[C@@H]1CCN2C(=O)c3cc(Br)ccc3NC(=O)[C@@H]2C1. The lowest BCUT2D eigenvalue weighted by Gasteiger charge is -2.37. The summed E-state index contributed by atoms with van der Waals surface area (Å²) in [4.78, 5) is 38.7. The summed E-state index contributed by atoms with van der Waals surface area (Å²) in [7, 11) is 1.70. The van der Waals surface area contributed by atoms with Crippen molar-refractivity contribution >= 4 is 39.3 Å². The Morgan fingerprint density at radius 3 is 2.96 bits per heavy atom. The molecule has 2 heterocycles. The number of nitrogens with one attached hydrogen (secondary N) is 3. The Labute approximate surface area is 148 Å². The van der Waals surface area contributed by atoms with Gasteiger partial charge in [0.1, 0.15) is 6.04 Å². The Morgan fingerprint density at radius 2 is 2.21 bits per heavy atom. The van der Waals surface area contributed by atoms with Gasteiger partial charge in [0.05, 0.1) is 17.8 Å². The van der Waals surface area contributed by atoms with E-state index in [1.54, 1.807) is 30.1 Å². The van der Waals surface area contributed by atoms with Crippen LogP contribution in [0.3, 0.4) is 0 Å². The molecule has 3 N–H and O–H groups in total. The lowest BCUT2D eigenvalue weighted by Crippen LogP contribution is -2.55. The minimum atomic E-state index is -0.572.